The summed E-state index contributed by atoms with van der Waals surface area (Å²) in [6, 6.07) is 2.20. The molecule has 2 nitrogen and oxygen atoms in total. The monoisotopic (exact) mass is 159 g/mol. The van der Waals surface area contributed by atoms with Gasteiger partial charge in [0.25, 0.3) is 0 Å². The first-order valence-corrected chi connectivity index (χ1v) is 3.89. The van der Waals surface area contributed by atoms with Gasteiger partial charge in [0.1, 0.15) is 0 Å². The molecule has 10 heavy (non-hydrogen) atoms. The molecule has 0 amide bonds. The van der Waals surface area contributed by atoms with Crippen molar-refractivity contribution < 1.29 is 4.52 Å². The van der Waals surface area contributed by atoms with E-state index in [4.69, 9.17) is 9.79 Å². The summed E-state index contributed by atoms with van der Waals surface area (Å²) in [6.07, 6.45) is 0.922. The fourth-order valence-corrected chi connectivity index (χ4v) is 1.08. The van der Waals surface area contributed by atoms with E-state index in [0.717, 1.165) is 6.42 Å². The van der Waals surface area contributed by atoms with Gasteiger partial charge >= 0.3 is 0 Å². The van der Waals surface area contributed by atoms with Crippen molar-refractivity contribution in [3.63, 3.8) is 0 Å². The molecule has 58 valence electrons. The van der Waals surface area contributed by atoms with E-state index in [0.29, 0.717) is 12.5 Å². The van der Waals surface area contributed by atoms with E-state index in [1.807, 2.05) is 0 Å². The largest absolute Gasteiger partial charge is 0.364 e. The second kappa shape index (κ2) is 5.65. The van der Waals surface area contributed by atoms with Crippen LogP contribution in [0.1, 0.15) is 20.3 Å². The summed E-state index contributed by atoms with van der Waals surface area (Å²) >= 11 is 0. The number of hydrogen-bond acceptors (Lipinski definition) is 2. The Morgan fingerprint density at radius 3 is 2.50 bits per heavy atom. The Kier molecular flexibility index (Phi) is 5.58. The number of hydrogen-bond donors (Lipinski definition) is 0. The summed E-state index contributed by atoms with van der Waals surface area (Å²) in [6.45, 7) is 4.74. The Bertz CT molecular complexity index is 119. The molecule has 0 aliphatic carbocycles. The van der Waals surface area contributed by atoms with E-state index in [2.05, 4.69) is 29.4 Å². The zero-order valence-electron chi connectivity index (χ0n) is 6.50. The zero-order valence-corrected chi connectivity index (χ0v) is 7.66. The van der Waals surface area contributed by atoms with Gasteiger partial charge in [-0.2, -0.15) is 5.26 Å². The van der Waals surface area contributed by atoms with Gasteiger partial charge in [-0.25, -0.2) is 0 Å². The summed E-state index contributed by atoms with van der Waals surface area (Å²) in [4.78, 5) is 0. The molecule has 3 heteroatoms. The van der Waals surface area contributed by atoms with Gasteiger partial charge in [0.15, 0.2) is 0 Å². The first-order chi connectivity index (χ1) is 4.70. The molecule has 0 heterocycles. The van der Waals surface area contributed by atoms with Crippen LogP contribution in [-0.2, 0) is 4.52 Å². The zero-order chi connectivity index (χ0) is 7.98. The maximum Gasteiger partial charge on any atom is 0.0702 e. The van der Waals surface area contributed by atoms with Crippen molar-refractivity contribution in [3.8, 4) is 6.07 Å². The summed E-state index contributed by atoms with van der Waals surface area (Å²) in [5.41, 5.74) is 0. The Labute approximate surface area is 64.9 Å². The molecule has 0 saturated heterocycles. The maximum atomic E-state index is 8.57. The Hall–Kier alpha value is -0.120. The minimum Gasteiger partial charge on any atom is -0.364 e. The highest BCUT2D eigenvalue weighted by molar-refractivity contribution is 7.09. The van der Waals surface area contributed by atoms with Crippen LogP contribution in [0.3, 0.4) is 0 Å². The second-order valence-electron chi connectivity index (χ2n) is 2.79. The van der Waals surface area contributed by atoms with Gasteiger partial charge in [-0.15, -0.1) is 0 Å². The number of nitrogens with zero attached hydrogens (tertiary/aromatic N) is 1. The molecule has 2 unspecified atom stereocenters. The topological polar surface area (TPSA) is 33.0 Å². The summed E-state index contributed by atoms with van der Waals surface area (Å²) in [7, 11) is 2.16. The molecular formula is C7H14NOP. The molecule has 2 atom stereocenters. The van der Waals surface area contributed by atoms with Crippen LogP contribution < -0.4 is 0 Å². The van der Waals surface area contributed by atoms with Crippen molar-refractivity contribution in [2.75, 3.05) is 6.61 Å². The van der Waals surface area contributed by atoms with Gasteiger partial charge in [0, 0.05) is 9.47 Å². The van der Waals surface area contributed by atoms with E-state index in [1.165, 1.54) is 0 Å². The lowest BCUT2D eigenvalue weighted by molar-refractivity contribution is 0.296. The first kappa shape index (κ1) is 9.88. The smallest absolute Gasteiger partial charge is 0.0702 e. The minimum atomic E-state index is 0.0532. The normalized spacial score (nSPS) is 13.1. The second-order valence-corrected chi connectivity index (χ2v) is 3.12. The highest BCUT2D eigenvalue weighted by atomic mass is 31.0. The standard InChI is InChI=1S/C7H14NOP/c1-6(2)3-7(4-8)5-9-10/h6-7H,3,5,10H2,1-2H3. The molecule has 0 aliphatic rings. The highest BCUT2D eigenvalue weighted by Gasteiger charge is 2.08. The molecule has 0 rings (SSSR count). The van der Waals surface area contributed by atoms with Crippen molar-refractivity contribution in [2.24, 2.45) is 11.8 Å². The molecule has 0 aliphatic heterocycles. The van der Waals surface area contributed by atoms with Gasteiger partial charge in [-0.1, -0.05) is 13.8 Å². The highest BCUT2D eigenvalue weighted by Crippen LogP contribution is 2.11. The van der Waals surface area contributed by atoms with Gasteiger partial charge in [0.05, 0.1) is 18.6 Å². The van der Waals surface area contributed by atoms with Gasteiger partial charge < -0.3 is 4.52 Å². The lowest BCUT2D eigenvalue weighted by Crippen LogP contribution is -2.06. The molecule has 0 fully saturated rings. The predicted molar refractivity (Wildman–Crippen MR) is 44.2 cm³/mol. The molecule has 0 aromatic rings. The third-order valence-corrected chi connectivity index (χ3v) is 1.43. The van der Waals surface area contributed by atoms with E-state index >= 15 is 0 Å². The SMILES string of the molecule is CC(C)CC(C#N)COP. The van der Waals surface area contributed by atoms with Crippen molar-refractivity contribution in [2.45, 2.75) is 20.3 Å². The lowest BCUT2D eigenvalue weighted by atomic mass is 10.00. The Morgan fingerprint density at radius 2 is 2.20 bits per heavy atom. The van der Waals surface area contributed by atoms with Crippen LogP contribution in [0.4, 0.5) is 0 Å². The fourth-order valence-electron chi connectivity index (χ4n) is 0.843. The van der Waals surface area contributed by atoms with E-state index in [1.54, 1.807) is 0 Å². The third-order valence-electron chi connectivity index (χ3n) is 1.24. The minimum absolute atomic E-state index is 0.0532. The number of nitriles is 1. The quantitative estimate of drug-likeness (QED) is 0.587. The summed E-state index contributed by atoms with van der Waals surface area (Å²) in [5, 5.41) is 8.57. The molecule has 0 aromatic heterocycles. The van der Waals surface area contributed by atoms with Crippen LogP contribution in [0.5, 0.6) is 0 Å². The van der Waals surface area contributed by atoms with E-state index in [9.17, 15) is 0 Å². The van der Waals surface area contributed by atoms with Crippen molar-refractivity contribution in [3.05, 3.63) is 0 Å². The Morgan fingerprint density at radius 1 is 1.60 bits per heavy atom. The average Bonchev–Trinajstić information content (AvgIpc) is 1.86. The first-order valence-electron chi connectivity index (χ1n) is 3.42. The van der Waals surface area contributed by atoms with Crippen molar-refractivity contribution in [1.29, 1.82) is 5.26 Å². The molecular weight excluding hydrogens is 145 g/mol. The van der Waals surface area contributed by atoms with Gasteiger partial charge in [0.2, 0.25) is 0 Å². The van der Waals surface area contributed by atoms with Gasteiger partial charge in [-0.05, 0) is 12.3 Å². The van der Waals surface area contributed by atoms with Crippen LogP contribution in [0.15, 0.2) is 0 Å². The fraction of sp³-hybridized carbons (Fsp3) is 0.857. The van der Waals surface area contributed by atoms with Crippen LogP contribution in [0, 0.1) is 23.2 Å². The Balaban J connectivity index is 3.52. The summed E-state index contributed by atoms with van der Waals surface area (Å²) < 4.78 is 4.79. The predicted octanol–water partition coefficient (Wildman–Crippen LogP) is 1.98. The van der Waals surface area contributed by atoms with Gasteiger partial charge in [-0.3, -0.25) is 0 Å². The third kappa shape index (κ3) is 4.73. The number of rotatable bonds is 4. The van der Waals surface area contributed by atoms with Crippen molar-refractivity contribution in [1.82, 2.24) is 0 Å². The van der Waals surface area contributed by atoms with Crippen LogP contribution in [0.2, 0.25) is 0 Å². The molecule has 0 saturated carbocycles. The summed E-state index contributed by atoms with van der Waals surface area (Å²) in [5.74, 6) is 0.627. The van der Waals surface area contributed by atoms with Crippen LogP contribution in [-0.4, -0.2) is 6.61 Å². The van der Waals surface area contributed by atoms with Crippen LogP contribution >= 0.6 is 9.47 Å². The van der Waals surface area contributed by atoms with Crippen molar-refractivity contribution >= 4 is 9.47 Å². The van der Waals surface area contributed by atoms with E-state index in [-0.39, 0.29) is 5.92 Å². The molecule has 0 spiro atoms. The maximum absolute atomic E-state index is 8.57. The molecule has 0 aromatic carbocycles. The molecule has 0 N–H and O–H groups in total. The van der Waals surface area contributed by atoms with E-state index < -0.39 is 0 Å². The average molecular weight is 159 g/mol. The molecule has 0 radical (unpaired) electrons. The molecule has 0 bridgehead atoms. The lowest BCUT2D eigenvalue weighted by Gasteiger charge is -2.08. The van der Waals surface area contributed by atoms with Crippen LogP contribution in [0.25, 0.3) is 0 Å².